The zero-order valence-corrected chi connectivity index (χ0v) is 20.6. The molecule has 35 heavy (non-hydrogen) atoms. The Bertz CT molecular complexity index is 1250. The number of aromatic nitrogens is 3. The molecule has 2 heterocycles. The lowest BCUT2D eigenvalue weighted by Gasteiger charge is -2.19. The topological polar surface area (TPSA) is 63.1 Å². The number of amides is 1. The van der Waals surface area contributed by atoms with Crippen LogP contribution in [-0.4, -0.2) is 38.7 Å². The highest BCUT2D eigenvalue weighted by Crippen LogP contribution is 2.37. The second-order valence-corrected chi connectivity index (χ2v) is 9.89. The van der Waals surface area contributed by atoms with E-state index >= 15 is 0 Å². The lowest BCUT2D eigenvalue weighted by atomic mass is 10.1. The van der Waals surface area contributed by atoms with Crippen LogP contribution in [0.3, 0.4) is 0 Å². The standard InChI is InChI=1S/C28H29N5OS/c1-21-14-16-23(17-15-21)29-27(34)26(22-10-4-2-5-11-22)35-28-31-30-25(20-32-18-8-9-19-32)33(28)24-12-6-3-7-13-24/h2-7,10-17,26H,8-9,18-20H2,1H3,(H,29,34)/t26-/m1/s1. The van der Waals surface area contributed by atoms with Gasteiger partial charge in [-0.05, 0) is 62.7 Å². The summed E-state index contributed by atoms with van der Waals surface area (Å²) in [5.41, 5.74) is 3.85. The van der Waals surface area contributed by atoms with Crippen molar-refractivity contribution in [3.63, 3.8) is 0 Å². The Balaban J connectivity index is 1.48. The molecule has 4 aromatic rings. The number of nitrogens with one attached hydrogen (secondary N) is 1. The lowest BCUT2D eigenvalue weighted by molar-refractivity contribution is -0.115. The molecule has 0 saturated carbocycles. The van der Waals surface area contributed by atoms with Gasteiger partial charge in [-0.25, -0.2) is 0 Å². The Hall–Kier alpha value is -3.42. The van der Waals surface area contributed by atoms with Crippen LogP contribution in [0.1, 0.15) is 35.0 Å². The predicted octanol–water partition coefficient (Wildman–Crippen LogP) is 5.64. The molecule has 178 valence electrons. The number of carbonyl (C=O) groups is 1. The Morgan fingerprint density at radius 2 is 1.57 bits per heavy atom. The van der Waals surface area contributed by atoms with Gasteiger partial charge in [-0.1, -0.05) is 78.0 Å². The molecule has 1 aliphatic rings. The number of thioether (sulfide) groups is 1. The molecule has 3 aromatic carbocycles. The minimum atomic E-state index is -0.483. The third-order valence-corrected chi connectivity index (χ3v) is 7.36. The third kappa shape index (κ3) is 5.63. The van der Waals surface area contributed by atoms with Crippen molar-refractivity contribution in [3.05, 3.63) is 102 Å². The smallest absolute Gasteiger partial charge is 0.242 e. The zero-order valence-electron chi connectivity index (χ0n) is 19.8. The molecule has 1 amide bonds. The summed E-state index contributed by atoms with van der Waals surface area (Å²) < 4.78 is 2.10. The number of para-hydroxylation sites is 1. The molecule has 0 aliphatic carbocycles. The highest BCUT2D eigenvalue weighted by Gasteiger charge is 2.27. The van der Waals surface area contributed by atoms with Crippen molar-refractivity contribution in [1.29, 1.82) is 0 Å². The molecule has 1 N–H and O–H groups in total. The summed E-state index contributed by atoms with van der Waals surface area (Å²) in [7, 11) is 0. The minimum Gasteiger partial charge on any atom is -0.325 e. The number of rotatable bonds is 8. The van der Waals surface area contributed by atoms with Gasteiger partial charge in [0.2, 0.25) is 5.91 Å². The summed E-state index contributed by atoms with van der Waals surface area (Å²) in [6.07, 6.45) is 2.44. The van der Waals surface area contributed by atoms with Crippen molar-refractivity contribution >= 4 is 23.4 Å². The number of carbonyl (C=O) groups excluding carboxylic acids is 1. The van der Waals surface area contributed by atoms with Crippen LogP contribution >= 0.6 is 11.8 Å². The van der Waals surface area contributed by atoms with Gasteiger partial charge in [0.05, 0.1) is 6.54 Å². The fourth-order valence-electron chi connectivity index (χ4n) is 4.31. The zero-order chi connectivity index (χ0) is 24.0. The molecule has 0 unspecified atom stereocenters. The van der Waals surface area contributed by atoms with E-state index in [1.165, 1.54) is 24.6 Å². The Kier molecular flexibility index (Phi) is 7.25. The SMILES string of the molecule is Cc1ccc(NC(=O)[C@H](Sc2nnc(CN3CCCC3)n2-c2ccccc2)c2ccccc2)cc1. The maximum atomic E-state index is 13.5. The van der Waals surface area contributed by atoms with Crippen molar-refractivity contribution < 1.29 is 4.79 Å². The molecule has 6 nitrogen and oxygen atoms in total. The first-order chi connectivity index (χ1) is 17.2. The highest BCUT2D eigenvalue weighted by molar-refractivity contribution is 8.00. The van der Waals surface area contributed by atoms with Crippen molar-refractivity contribution in [3.8, 4) is 5.69 Å². The highest BCUT2D eigenvalue weighted by atomic mass is 32.2. The summed E-state index contributed by atoms with van der Waals surface area (Å²) in [4.78, 5) is 16.0. The van der Waals surface area contributed by atoms with Gasteiger partial charge in [0.25, 0.3) is 0 Å². The van der Waals surface area contributed by atoms with Gasteiger partial charge in [-0.2, -0.15) is 0 Å². The van der Waals surface area contributed by atoms with Gasteiger partial charge in [0.15, 0.2) is 11.0 Å². The van der Waals surface area contributed by atoms with E-state index < -0.39 is 5.25 Å². The van der Waals surface area contributed by atoms with Crippen LogP contribution in [-0.2, 0) is 11.3 Å². The first-order valence-corrected chi connectivity index (χ1v) is 12.9. The Morgan fingerprint density at radius 1 is 0.914 bits per heavy atom. The average Bonchev–Trinajstić information content (AvgIpc) is 3.55. The van der Waals surface area contributed by atoms with Crippen molar-refractivity contribution in [2.75, 3.05) is 18.4 Å². The first-order valence-electron chi connectivity index (χ1n) is 12.0. The molecule has 5 rings (SSSR count). The van der Waals surface area contributed by atoms with Crippen molar-refractivity contribution in [2.24, 2.45) is 0 Å². The number of aryl methyl sites for hydroxylation is 1. The maximum Gasteiger partial charge on any atom is 0.242 e. The summed E-state index contributed by atoms with van der Waals surface area (Å²) in [5, 5.41) is 12.5. The lowest BCUT2D eigenvalue weighted by Crippen LogP contribution is -2.21. The number of nitrogens with zero attached hydrogens (tertiary/aromatic N) is 4. The van der Waals surface area contributed by atoms with E-state index in [1.54, 1.807) is 0 Å². The van der Waals surface area contributed by atoms with E-state index in [9.17, 15) is 4.79 Å². The van der Waals surface area contributed by atoms with Gasteiger partial charge in [0, 0.05) is 11.4 Å². The number of anilines is 1. The van der Waals surface area contributed by atoms with E-state index in [0.29, 0.717) is 5.16 Å². The van der Waals surface area contributed by atoms with Crippen LogP contribution < -0.4 is 5.32 Å². The first kappa shape index (κ1) is 23.3. The fraction of sp³-hybridized carbons (Fsp3) is 0.250. The van der Waals surface area contributed by atoms with Crippen LogP contribution in [0.2, 0.25) is 0 Å². The summed E-state index contributed by atoms with van der Waals surface area (Å²) in [6, 6.07) is 27.9. The van der Waals surface area contributed by atoms with Crippen LogP contribution in [0.4, 0.5) is 5.69 Å². The van der Waals surface area contributed by atoms with E-state index in [2.05, 4.69) is 37.1 Å². The van der Waals surface area contributed by atoms with E-state index in [1.807, 2.05) is 79.7 Å². The van der Waals surface area contributed by atoms with Gasteiger partial charge in [-0.3, -0.25) is 14.3 Å². The number of likely N-dealkylation sites (tertiary alicyclic amines) is 1. The van der Waals surface area contributed by atoms with Crippen LogP contribution in [0.15, 0.2) is 90.1 Å². The molecular formula is C28H29N5OS. The minimum absolute atomic E-state index is 0.0891. The molecule has 0 bridgehead atoms. The summed E-state index contributed by atoms with van der Waals surface area (Å²) >= 11 is 1.43. The maximum absolute atomic E-state index is 13.5. The van der Waals surface area contributed by atoms with Crippen LogP contribution in [0, 0.1) is 6.92 Å². The molecule has 1 aliphatic heterocycles. The average molecular weight is 484 g/mol. The molecule has 1 aromatic heterocycles. The van der Waals surface area contributed by atoms with E-state index in [4.69, 9.17) is 0 Å². The van der Waals surface area contributed by atoms with E-state index in [-0.39, 0.29) is 5.91 Å². The molecule has 0 spiro atoms. The molecular weight excluding hydrogens is 454 g/mol. The monoisotopic (exact) mass is 483 g/mol. The molecule has 1 saturated heterocycles. The van der Waals surface area contributed by atoms with Crippen LogP contribution in [0.5, 0.6) is 0 Å². The largest absolute Gasteiger partial charge is 0.325 e. The number of benzene rings is 3. The van der Waals surface area contributed by atoms with Crippen molar-refractivity contribution in [1.82, 2.24) is 19.7 Å². The van der Waals surface area contributed by atoms with Gasteiger partial charge in [0.1, 0.15) is 5.25 Å². The van der Waals surface area contributed by atoms with Gasteiger partial charge in [-0.15, -0.1) is 10.2 Å². The van der Waals surface area contributed by atoms with Gasteiger partial charge >= 0.3 is 0 Å². The van der Waals surface area contributed by atoms with Crippen molar-refractivity contribution in [2.45, 2.75) is 36.7 Å². The normalized spacial score (nSPS) is 14.7. The fourth-order valence-corrected chi connectivity index (χ4v) is 5.38. The second-order valence-electron chi connectivity index (χ2n) is 8.82. The second kappa shape index (κ2) is 10.9. The molecule has 0 radical (unpaired) electrons. The Labute approximate surface area is 210 Å². The molecule has 1 fully saturated rings. The number of hydrogen-bond acceptors (Lipinski definition) is 5. The predicted molar refractivity (Wildman–Crippen MR) is 141 cm³/mol. The van der Waals surface area contributed by atoms with E-state index in [0.717, 1.165) is 48.0 Å². The van der Waals surface area contributed by atoms with Gasteiger partial charge < -0.3 is 5.32 Å². The summed E-state index contributed by atoms with van der Waals surface area (Å²) in [5.74, 6) is 0.806. The Morgan fingerprint density at radius 3 is 2.26 bits per heavy atom. The molecule has 7 heteroatoms. The third-order valence-electron chi connectivity index (χ3n) is 6.16. The quantitative estimate of drug-likeness (QED) is 0.329. The molecule has 1 atom stereocenters. The number of hydrogen-bond donors (Lipinski definition) is 1. The van der Waals surface area contributed by atoms with Crippen LogP contribution in [0.25, 0.3) is 5.69 Å². The summed E-state index contributed by atoms with van der Waals surface area (Å²) in [6.45, 7) is 4.93.